The zero-order valence-corrected chi connectivity index (χ0v) is 12.6. The van der Waals surface area contributed by atoms with Crippen molar-refractivity contribution in [1.82, 2.24) is 4.90 Å². The Bertz CT molecular complexity index is 381. The molecule has 2 aliphatic rings. The van der Waals surface area contributed by atoms with Gasteiger partial charge in [-0.1, -0.05) is 24.9 Å². The van der Waals surface area contributed by atoms with Crippen LogP contribution in [0.15, 0.2) is 5.16 Å². The number of nitrogens with zero attached hydrogens (tertiary/aromatic N) is 2. The summed E-state index contributed by atoms with van der Waals surface area (Å²) < 4.78 is 0. The van der Waals surface area contributed by atoms with Crippen molar-refractivity contribution in [3.05, 3.63) is 0 Å². The zero-order chi connectivity index (χ0) is 14.8. The molecule has 5 heteroatoms. The zero-order valence-electron chi connectivity index (χ0n) is 12.6. The molecule has 0 aromatic heterocycles. The van der Waals surface area contributed by atoms with Crippen LogP contribution in [0.5, 0.6) is 0 Å². The average Bonchev–Trinajstić information content (AvgIpc) is 2.96. The SMILES string of the molecule is CC1CCC(N(C)C(=O)C2(C(N)=NO)CCCC2)CC1. The van der Waals surface area contributed by atoms with Gasteiger partial charge in [-0.15, -0.1) is 0 Å². The third-order valence-electron chi connectivity index (χ3n) is 5.32. The summed E-state index contributed by atoms with van der Waals surface area (Å²) in [6, 6.07) is 0.308. The standard InChI is InChI=1S/C15H27N3O2/c1-11-5-7-12(8-6-11)18(2)14(19)15(13(16)17-20)9-3-4-10-15/h11-12,20H,3-10H2,1-2H3,(H2,16,17). The van der Waals surface area contributed by atoms with Gasteiger partial charge in [0.15, 0.2) is 5.84 Å². The number of hydrogen-bond donors (Lipinski definition) is 2. The number of carbonyl (C=O) groups excluding carboxylic acids is 1. The molecule has 2 aliphatic carbocycles. The van der Waals surface area contributed by atoms with Gasteiger partial charge in [-0.05, 0) is 44.4 Å². The van der Waals surface area contributed by atoms with Crippen molar-refractivity contribution < 1.29 is 10.0 Å². The molecule has 0 heterocycles. The smallest absolute Gasteiger partial charge is 0.236 e. The highest BCUT2D eigenvalue weighted by Gasteiger charge is 2.48. The number of amidine groups is 1. The lowest BCUT2D eigenvalue weighted by Gasteiger charge is -2.38. The third-order valence-corrected chi connectivity index (χ3v) is 5.32. The van der Waals surface area contributed by atoms with Crippen LogP contribution in [0.25, 0.3) is 0 Å². The maximum atomic E-state index is 12.9. The van der Waals surface area contributed by atoms with Crippen LogP contribution in [0, 0.1) is 11.3 Å². The second-order valence-electron chi connectivity index (χ2n) is 6.60. The van der Waals surface area contributed by atoms with Crippen LogP contribution in [0.3, 0.4) is 0 Å². The minimum atomic E-state index is -0.757. The van der Waals surface area contributed by atoms with Crippen LogP contribution >= 0.6 is 0 Å². The molecule has 1 amide bonds. The molecule has 0 radical (unpaired) electrons. The van der Waals surface area contributed by atoms with E-state index in [1.807, 2.05) is 11.9 Å². The fraction of sp³-hybridized carbons (Fsp3) is 0.867. The summed E-state index contributed by atoms with van der Waals surface area (Å²) in [4.78, 5) is 14.8. The van der Waals surface area contributed by atoms with Crippen molar-refractivity contribution in [2.75, 3.05) is 7.05 Å². The molecule has 0 aromatic rings. The Hall–Kier alpha value is -1.26. The Labute approximate surface area is 121 Å². The maximum absolute atomic E-state index is 12.9. The molecule has 0 atom stereocenters. The highest BCUT2D eigenvalue weighted by Crippen LogP contribution is 2.41. The predicted octanol–water partition coefficient (Wildman–Crippen LogP) is 2.33. The number of amides is 1. The lowest BCUT2D eigenvalue weighted by atomic mass is 9.81. The summed E-state index contributed by atoms with van der Waals surface area (Å²) in [5.41, 5.74) is 5.10. The van der Waals surface area contributed by atoms with Crippen molar-refractivity contribution in [1.29, 1.82) is 0 Å². The number of oxime groups is 1. The summed E-state index contributed by atoms with van der Waals surface area (Å²) in [7, 11) is 1.88. The fourth-order valence-corrected chi connectivity index (χ4v) is 3.79. The van der Waals surface area contributed by atoms with Gasteiger partial charge in [-0.3, -0.25) is 4.79 Å². The monoisotopic (exact) mass is 281 g/mol. The van der Waals surface area contributed by atoms with E-state index in [4.69, 9.17) is 10.9 Å². The van der Waals surface area contributed by atoms with E-state index >= 15 is 0 Å². The molecule has 2 rings (SSSR count). The van der Waals surface area contributed by atoms with Crippen molar-refractivity contribution in [2.45, 2.75) is 64.3 Å². The molecule has 0 aromatic carbocycles. The van der Waals surface area contributed by atoms with Crippen LogP contribution in [0.1, 0.15) is 58.3 Å². The largest absolute Gasteiger partial charge is 0.409 e. The number of nitrogens with two attached hydrogens (primary N) is 1. The minimum absolute atomic E-state index is 0.0462. The Balaban J connectivity index is 2.12. The maximum Gasteiger partial charge on any atom is 0.236 e. The Kier molecular flexibility index (Phi) is 4.55. The molecule has 0 unspecified atom stereocenters. The van der Waals surface area contributed by atoms with Gasteiger partial charge >= 0.3 is 0 Å². The summed E-state index contributed by atoms with van der Waals surface area (Å²) in [5.74, 6) is 0.903. The van der Waals surface area contributed by atoms with Crippen LogP contribution < -0.4 is 5.73 Å². The van der Waals surface area contributed by atoms with Crippen LogP contribution in [-0.2, 0) is 4.79 Å². The van der Waals surface area contributed by atoms with Crippen molar-refractivity contribution >= 4 is 11.7 Å². The van der Waals surface area contributed by atoms with E-state index in [0.717, 1.165) is 31.6 Å². The van der Waals surface area contributed by atoms with E-state index in [-0.39, 0.29) is 11.7 Å². The normalized spacial score (nSPS) is 30.2. The molecule has 0 aliphatic heterocycles. The number of hydrogen-bond acceptors (Lipinski definition) is 3. The minimum Gasteiger partial charge on any atom is -0.409 e. The summed E-state index contributed by atoms with van der Waals surface area (Å²) in [6.45, 7) is 2.27. The average molecular weight is 281 g/mol. The number of rotatable bonds is 3. The first-order valence-electron chi connectivity index (χ1n) is 7.76. The summed E-state index contributed by atoms with van der Waals surface area (Å²) >= 11 is 0. The van der Waals surface area contributed by atoms with E-state index in [1.54, 1.807) is 0 Å². The predicted molar refractivity (Wildman–Crippen MR) is 78.5 cm³/mol. The van der Waals surface area contributed by atoms with Gasteiger partial charge in [0.2, 0.25) is 5.91 Å². The highest BCUT2D eigenvalue weighted by atomic mass is 16.4. The summed E-state index contributed by atoms with van der Waals surface area (Å²) in [6.07, 6.45) is 7.84. The molecular formula is C15H27N3O2. The highest BCUT2D eigenvalue weighted by molar-refractivity contribution is 6.07. The van der Waals surface area contributed by atoms with E-state index in [9.17, 15) is 4.79 Å². The molecular weight excluding hydrogens is 254 g/mol. The first-order valence-corrected chi connectivity index (χ1v) is 7.76. The molecule has 2 saturated carbocycles. The van der Waals surface area contributed by atoms with E-state index < -0.39 is 5.41 Å². The molecule has 0 spiro atoms. The molecule has 114 valence electrons. The second kappa shape index (κ2) is 6.02. The molecule has 3 N–H and O–H groups in total. The van der Waals surface area contributed by atoms with E-state index in [1.165, 1.54) is 12.8 Å². The lowest BCUT2D eigenvalue weighted by molar-refractivity contribution is -0.139. The molecule has 2 fully saturated rings. The van der Waals surface area contributed by atoms with E-state index in [0.29, 0.717) is 18.9 Å². The Morgan fingerprint density at radius 2 is 1.80 bits per heavy atom. The fourth-order valence-electron chi connectivity index (χ4n) is 3.79. The first kappa shape index (κ1) is 15.1. The quantitative estimate of drug-likeness (QED) is 0.361. The second-order valence-corrected chi connectivity index (χ2v) is 6.60. The van der Waals surface area contributed by atoms with Gasteiger partial charge in [0.05, 0.1) is 0 Å². The molecule has 0 bridgehead atoms. The lowest BCUT2D eigenvalue weighted by Crippen LogP contribution is -2.52. The van der Waals surface area contributed by atoms with Crippen LogP contribution in [-0.4, -0.2) is 34.9 Å². The van der Waals surface area contributed by atoms with E-state index in [2.05, 4.69) is 12.1 Å². The molecule has 20 heavy (non-hydrogen) atoms. The topological polar surface area (TPSA) is 78.9 Å². The van der Waals surface area contributed by atoms with Crippen molar-refractivity contribution in [3.63, 3.8) is 0 Å². The van der Waals surface area contributed by atoms with Gasteiger partial charge in [-0.2, -0.15) is 0 Å². The van der Waals surface area contributed by atoms with Crippen molar-refractivity contribution in [3.8, 4) is 0 Å². The van der Waals surface area contributed by atoms with Crippen LogP contribution in [0.2, 0.25) is 0 Å². The Morgan fingerprint density at radius 1 is 1.25 bits per heavy atom. The third kappa shape index (κ3) is 2.63. The Morgan fingerprint density at radius 3 is 2.30 bits per heavy atom. The first-order chi connectivity index (χ1) is 9.51. The summed E-state index contributed by atoms with van der Waals surface area (Å²) in [5, 5.41) is 12.2. The molecule has 0 saturated heterocycles. The van der Waals surface area contributed by atoms with Gasteiger partial charge < -0.3 is 15.8 Å². The van der Waals surface area contributed by atoms with Gasteiger partial charge in [0.25, 0.3) is 0 Å². The number of carbonyl (C=O) groups is 1. The van der Waals surface area contributed by atoms with Crippen molar-refractivity contribution in [2.24, 2.45) is 22.2 Å². The molecule has 5 nitrogen and oxygen atoms in total. The van der Waals surface area contributed by atoms with Gasteiger partial charge in [0.1, 0.15) is 5.41 Å². The van der Waals surface area contributed by atoms with Crippen LogP contribution in [0.4, 0.5) is 0 Å². The van der Waals surface area contributed by atoms with Gasteiger partial charge in [-0.25, -0.2) is 0 Å². The van der Waals surface area contributed by atoms with Gasteiger partial charge in [0, 0.05) is 13.1 Å².